The molecule has 0 radical (unpaired) electrons. The molecule has 2 rings (SSSR count). The predicted molar refractivity (Wildman–Crippen MR) is 83.3 cm³/mol. The Kier molecular flexibility index (Phi) is 3.26. The third kappa shape index (κ3) is 2.42. The molecule has 19 heavy (non-hydrogen) atoms. The highest BCUT2D eigenvalue weighted by molar-refractivity contribution is 5.70. The Morgan fingerprint density at radius 1 is 1.26 bits per heavy atom. The summed E-state index contributed by atoms with van der Waals surface area (Å²) < 4.78 is 0. The smallest absolute Gasteiger partial charge is 0.0448 e. The van der Waals surface area contributed by atoms with Gasteiger partial charge in [-0.3, -0.25) is 0 Å². The lowest BCUT2D eigenvalue weighted by Crippen LogP contribution is -2.25. The lowest BCUT2D eigenvalue weighted by atomic mass is 9.80. The van der Waals surface area contributed by atoms with Gasteiger partial charge in [-0.05, 0) is 22.6 Å². The van der Waals surface area contributed by atoms with E-state index in [0.717, 1.165) is 0 Å². The third-order valence-electron chi connectivity index (χ3n) is 3.90. The van der Waals surface area contributed by atoms with Gasteiger partial charge in [-0.25, -0.2) is 0 Å². The number of nitrogens with zero attached hydrogens (tertiary/aromatic N) is 1. The van der Waals surface area contributed by atoms with Crippen molar-refractivity contribution in [3.63, 3.8) is 0 Å². The molecule has 2 heteroatoms. The van der Waals surface area contributed by atoms with Gasteiger partial charge in [0.05, 0.1) is 0 Å². The van der Waals surface area contributed by atoms with Gasteiger partial charge in [-0.15, -0.1) is 0 Å². The fourth-order valence-corrected chi connectivity index (χ4v) is 2.88. The van der Waals surface area contributed by atoms with Crippen LogP contribution >= 0.6 is 0 Å². The maximum absolute atomic E-state index is 5.78. The van der Waals surface area contributed by atoms with Crippen LogP contribution in [0, 0.1) is 5.41 Å². The van der Waals surface area contributed by atoms with Gasteiger partial charge in [0, 0.05) is 30.4 Å². The van der Waals surface area contributed by atoms with Crippen molar-refractivity contribution in [2.24, 2.45) is 11.1 Å². The van der Waals surface area contributed by atoms with E-state index in [9.17, 15) is 0 Å². The molecule has 1 aromatic rings. The van der Waals surface area contributed by atoms with E-state index in [4.69, 9.17) is 5.73 Å². The molecule has 0 unspecified atom stereocenters. The van der Waals surface area contributed by atoms with Crippen LogP contribution in [0.5, 0.6) is 0 Å². The number of nitrogens with two attached hydrogens (primary N) is 1. The summed E-state index contributed by atoms with van der Waals surface area (Å²) in [6.07, 6.45) is 2.38. The van der Waals surface area contributed by atoms with E-state index >= 15 is 0 Å². The number of likely N-dealkylation sites (N-methyl/N-ethyl adjacent to an activating group) is 1. The predicted octanol–water partition coefficient (Wildman–Crippen LogP) is 3.80. The molecule has 1 aliphatic rings. The first-order valence-electron chi connectivity index (χ1n) is 6.97. The van der Waals surface area contributed by atoms with E-state index in [0.29, 0.717) is 6.54 Å². The van der Waals surface area contributed by atoms with Crippen molar-refractivity contribution in [1.82, 2.24) is 0 Å². The van der Waals surface area contributed by atoms with Gasteiger partial charge < -0.3 is 10.6 Å². The molecule has 0 saturated carbocycles. The highest BCUT2D eigenvalue weighted by atomic mass is 15.2. The van der Waals surface area contributed by atoms with Gasteiger partial charge in [-0.1, -0.05) is 52.8 Å². The first kappa shape index (κ1) is 14.1. The summed E-state index contributed by atoms with van der Waals surface area (Å²) in [6.45, 7) is 11.9. The summed E-state index contributed by atoms with van der Waals surface area (Å²) in [6, 6.07) is 6.59. The number of anilines is 1. The largest absolute Gasteiger partial charge is 0.347 e. The molecule has 1 heterocycles. The van der Waals surface area contributed by atoms with Crippen molar-refractivity contribution >= 4 is 5.69 Å². The Morgan fingerprint density at radius 3 is 2.42 bits per heavy atom. The van der Waals surface area contributed by atoms with Crippen LogP contribution in [0.2, 0.25) is 0 Å². The summed E-state index contributed by atoms with van der Waals surface area (Å²) in [5, 5.41) is 0. The molecule has 104 valence electrons. The zero-order valence-electron chi connectivity index (χ0n) is 13.0. The molecule has 0 bridgehead atoms. The number of hydrogen-bond acceptors (Lipinski definition) is 2. The van der Waals surface area contributed by atoms with E-state index < -0.39 is 0 Å². The number of fused-ring (bicyclic) bond motifs is 1. The van der Waals surface area contributed by atoms with Crippen molar-refractivity contribution in [1.29, 1.82) is 0 Å². The molecule has 0 aromatic heterocycles. The fraction of sp³-hybridized carbons (Fsp3) is 0.529. The van der Waals surface area contributed by atoms with Crippen LogP contribution in [-0.2, 0) is 12.0 Å². The van der Waals surface area contributed by atoms with Crippen molar-refractivity contribution < 1.29 is 0 Å². The maximum Gasteiger partial charge on any atom is 0.0448 e. The van der Waals surface area contributed by atoms with Gasteiger partial charge in [0.1, 0.15) is 0 Å². The molecular weight excluding hydrogens is 232 g/mol. The van der Waals surface area contributed by atoms with Gasteiger partial charge in [0.15, 0.2) is 0 Å². The van der Waals surface area contributed by atoms with Gasteiger partial charge >= 0.3 is 0 Å². The van der Waals surface area contributed by atoms with Crippen molar-refractivity contribution in [2.75, 3.05) is 11.9 Å². The minimum atomic E-state index is 0.0442. The molecule has 0 spiro atoms. The highest BCUT2D eigenvalue weighted by Gasteiger charge is 2.39. The van der Waals surface area contributed by atoms with E-state index in [1.54, 1.807) is 0 Å². The van der Waals surface area contributed by atoms with Gasteiger partial charge in [0.25, 0.3) is 0 Å². The first-order valence-corrected chi connectivity index (χ1v) is 6.97. The minimum Gasteiger partial charge on any atom is -0.347 e. The number of hydrogen-bond donors (Lipinski definition) is 1. The molecular formula is C17H26N2. The second kappa shape index (κ2) is 4.38. The lowest BCUT2D eigenvalue weighted by molar-refractivity contribution is 0.520. The topological polar surface area (TPSA) is 29.3 Å². The van der Waals surface area contributed by atoms with Crippen molar-refractivity contribution in [3.8, 4) is 0 Å². The van der Waals surface area contributed by atoms with E-state index in [1.807, 2.05) is 0 Å². The molecule has 2 nitrogen and oxygen atoms in total. The van der Waals surface area contributed by atoms with Crippen LogP contribution < -0.4 is 10.6 Å². The van der Waals surface area contributed by atoms with Crippen molar-refractivity contribution in [2.45, 2.75) is 46.6 Å². The van der Waals surface area contributed by atoms with Crippen LogP contribution in [0.3, 0.4) is 0 Å². The lowest BCUT2D eigenvalue weighted by Gasteiger charge is -2.27. The van der Waals surface area contributed by atoms with E-state index in [1.165, 1.54) is 22.5 Å². The summed E-state index contributed by atoms with van der Waals surface area (Å²) in [5.74, 6) is 0. The second-order valence-corrected chi connectivity index (χ2v) is 7.14. The molecule has 0 amide bonds. The Hall–Kier alpha value is -1.28. The Bertz CT molecular complexity index is 519. The molecule has 1 aliphatic heterocycles. The van der Waals surface area contributed by atoms with E-state index in [-0.39, 0.29) is 10.8 Å². The van der Waals surface area contributed by atoms with Crippen LogP contribution in [0.15, 0.2) is 30.0 Å². The average molecular weight is 258 g/mol. The molecule has 1 aromatic carbocycles. The number of benzene rings is 1. The SMILES string of the molecule is CN1C(=CC(C)(C)C)C(C)(C)c2cc(CN)ccc21. The summed E-state index contributed by atoms with van der Waals surface area (Å²) in [4.78, 5) is 2.32. The molecule has 2 N–H and O–H groups in total. The molecule has 0 atom stereocenters. The second-order valence-electron chi connectivity index (χ2n) is 7.14. The van der Waals surface area contributed by atoms with Crippen LogP contribution in [0.25, 0.3) is 0 Å². The zero-order chi connectivity index (χ0) is 14.4. The monoisotopic (exact) mass is 258 g/mol. The fourth-order valence-electron chi connectivity index (χ4n) is 2.88. The Labute approximate surface area is 117 Å². The standard InChI is InChI=1S/C17H26N2/c1-16(2,3)10-15-17(4,5)13-9-12(11-18)7-8-14(13)19(15)6/h7-10H,11,18H2,1-6H3. The maximum atomic E-state index is 5.78. The summed E-state index contributed by atoms with van der Waals surface area (Å²) in [5.41, 5.74) is 11.3. The first-order chi connectivity index (χ1) is 8.66. The minimum absolute atomic E-state index is 0.0442. The summed E-state index contributed by atoms with van der Waals surface area (Å²) in [7, 11) is 2.16. The zero-order valence-corrected chi connectivity index (χ0v) is 13.0. The van der Waals surface area contributed by atoms with Crippen LogP contribution in [0.1, 0.15) is 45.7 Å². The van der Waals surface area contributed by atoms with Crippen LogP contribution in [0.4, 0.5) is 5.69 Å². The molecule has 0 saturated heterocycles. The molecule has 0 fully saturated rings. The van der Waals surface area contributed by atoms with Crippen molar-refractivity contribution in [3.05, 3.63) is 41.1 Å². The summed E-state index contributed by atoms with van der Waals surface area (Å²) >= 11 is 0. The Balaban J connectivity index is 2.59. The highest BCUT2D eigenvalue weighted by Crippen LogP contribution is 2.48. The van der Waals surface area contributed by atoms with Crippen LogP contribution in [-0.4, -0.2) is 7.05 Å². The normalized spacial score (nSPS) is 19.9. The third-order valence-corrected chi connectivity index (χ3v) is 3.90. The van der Waals surface area contributed by atoms with E-state index in [2.05, 4.69) is 70.8 Å². The number of rotatable bonds is 1. The number of allylic oxidation sites excluding steroid dienone is 2. The Morgan fingerprint density at radius 2 is 1.89 bits per heavy atom. The average Bonchev–Trinajstić information content (AvgIpc) is 2.49. The quantitative estimate of drug-likeness (QED) is 0.830. The van der Waals surface area contributed by atoms with Gasteiger partial charge in [0.2, 0.25) is 0 Å². The van der Waals surface area contributed by atoms with Gasteiger partial charge in [-0.2, -0.15) is 0 Å². The molecule has 0 aliphatic carbocycles.